The number of ether oxygens (including phenoxy) is 4. The van der Waals surface area contributed by atoms with E-state index < -0.39 is 54.4 Å². The van der Waals surface area contributed by atoms with E-state index in [1.165, 1.54) is 12.1 Å². The number of H-pyrrole nitrogens is 1. The quantitative estimate of drug-likeness (QED) is 0.557. The molecule has 1 saturated heterocycles. The molecule has 2 aromatic rings. The Morgan fingerprint density at radius 1 is 1.26 bits per heavy atom. The average Bonchev–Trinajstić information content (AvgIpc) is 3.01. The van der Waals surface area contributed by atoms with Gasteiger partial charge in [-0.25, -0.2) is 9.59 Å². The van der Waals surface area contributed by atoms with Crippen molar-refractivity contribution in [3.8, 4) is 0 Å². The van der Waals surface area contributed by atoms with Gasteiger partial charge in [0.2, 0.25) is 0 Å². The maximum atomic E-state index is 14.1. The van der Waals surface area contributed by atoms with E-state index in [4.69, 9.17) is 19.9 Å². The van der Waals surface area contributed by atoms with E-state index in [1.54, 1.807) is 18.2 Å². The van der Waals surface area contributed by atoms with Gasteiger partial charge in [0, 0.05) is 19.4 Å². The standard InChI is InChI=1S/C19H21F2N3O7/c1-28-10-19(20,21)31-15-14(22)12(9-29-17(26)11-5-3-2-4-6-11)30-16(15)24-8-7-13(25)23-18(24)27/h2-8,12,14-16H,9-10,22H2,1H3,(H,23,25,27)/t12-,14-,15?,16?/m1/s1. The minimum Gasteiger partial charge on any atom is -0.459 e. The smallest absolute Gasteiger partial charge is 0.379 e. The molecule has 1 aromatic heterocycles. The normalized spacial score (nSPS) is 23.6. The number of rotatable bonds is 8. The number of nitrogens with two attached hydrogens (primary N) is 1. The van der Waals surface area contributed by atoms with Crippen molar-refractivity contribution in [1.82, 2.24) is 9.55 Å². The van der Waals surface area contributed by atoms with Gasteiger partial charge < -0.3 is 24.7 Å². The van der Waals surface area contributed by atoms with E-state index in [0.29, 0.717) is 0 Å². The molecular formula is C19H21F2N3O7. The molecule has 1 aromatic carbocycles. The third-order valence-corrected chi connectivity index (χ3v) is 4.54. The molecule has 0 bridgehead atoms. The lowest BCUT2D eigenvalue weighted by molar-refractivity contribution is -0.293. The van der Waals surface area contributed by atoms with Crippen LogP contribution in [-0.2, 0) is 18.9 Å². The van der Waals surface area contributed by atoms with E-state index in [9.17, 15) is 23.2 Å². The van der Waals surface area contributed by atoms with Gasteiger partial charge in [-0.3, -0.25) is 14.3 Å². The highest BCUT2D eigenvalue weighted by Gasteiger charge is 2.50. The van der Waals surface area contributed by atoms with Gasteiger partial charge >= 0.3 is 17.8 Å². The van der Waals surface area contributed by atoms with Crippen LogP contribution >= 0.6 is 0 Å². The summed E-state index contributed by atoms with van der Waals surface area (Å²) < 4.78 is 49.1. The molecular weight excluding hydrogens is 420 g/mol. The summed E-state index contributed by atoms with van der Waals surface area (Å²) in [5, 5.41) is 0. The second-order valence-corrected chi connectivity index (χ2v) is 6.78. The summed E-state index contributed by atoms with van der Waals surface area (Å²) in [5.74, 6) is -0.664. The molecule has 0 aliphatic carbocycles. The lowest BCUT2D eigenvalue weighted by Gasteiger charge is -2.27. The van der Waals surface area contributed by atoms with Crippen molar-refractivity contribution in [3.63, 3.8) is 0 Å². The molecule has 12 heteroatoms. The fourth-order valence-corrected chi connectivity index (χ4v) is 3.10. The van der Waals surface area contributed by atoms with E-state index in [-0.39, 0.29) is 12.2 Å². The first-order valence-electron chi connectivity index (χ1n) is 9.21. The third-order valence-electron chi connectivity index (χ3n) is 4.54. The molecule has 0 saturated carbocycles. The second-order valence-electron chi connectivity index (χ2n) is 6.78. The molecule has 0 radical (unpaired) electrons. The number of hydrogen-bond acceptors (Lipinski definition) is 8. The van der Waals surface area contributed by atoms with Crippen LogP contribution in [0.5, 0.6) is 0 Å². The summed E-state index contributed by atoms with van der Waals surface area (Å²) in [4.78, 5) is 37.7. The van der Waals surface area contributed by atoms with Gasteiger partial charge in [0.1, 0.15) is 25.4 Å². The summed E-state index contributed by atoms with van der Waals surface area (Å²) in [6.07, 6.45) is -6.67. The fraction of sp³-hybridized carbons (Fsp3) is 0.421. The summed E-state index contributed by atoms with van der Waals surface area (Å²) in [6, 6.07) is 7.92. The van der Waals surface area contributed by atoms with Crippen LogP contribution in [0.3, 0.4) is 0 Å². The number of aromatic nitrogens is 2. The Kier molecular flexibility index (Phi) is 6.95. The molecule has 1 aliphatic rings. The first-order chi connectivity index (χ1) is 14.7. The topological polar surface area (TPSA) is 135 Å². The van der Waals surface area contributed by atoms with Crippen LogP contribution in [0.25, 0.3) is 0 Å². The molecule has 0 amide bonds. The number of methoxy groups -OCH3 is 1. The van der Waals surface area contributed by atoms with Gasteiger partial charge in [0.25, 0.3) is 5.56 Å². The molecule has 2 unspecified atom stereocenters. The Morgan fingerprint density at radius 3 is 2.61 bits per heavy atom. The maximum Gasteiger partial charge on any atom is 0.379 e. The Balaban J connectivity index is 1.81. The Labute approximate surface area is 174 Å². The highest BCUT2D eigenvalue weighted by Crippen LogP contribution is 2.34. The number of aromatic amines is 1. The van der Waals surface area contributed by atoms with Crippen LogP contribution in [0.2, 0.25) is 0 Å². The summed E-state index contributed by atoms with van der Waals surface area (Å²) >= 11 is 0. The third kappa shape index (κ3) is 5.41. The van der Waals surface area contributed by atoms with Gasteiger partial charge in [-0.15, -0.1) is 0 Å². The molecule has 2 heterocycles. The number of alkyl halides is 2. The average molecular weight is 441 g/mol. The molecule has 1 fully saturated rings. The Morgan fingerprint density at radius 2 is 1.97 bits per heavy atom. The molecule has 3 N–H and O–H groups in total. The number of halogens is 2. The summed E-state index contributed by atoms with van der Waals surface area (Å²) in [7, 11) is 1.07. The van der Waals surface area contributed by atoms with E-state index in [1.807, 2.05) is 4.98 Å². The molecule has 4 atom stereocenters. The van der Waals surface area contributed by atoms with Gasteiger partial charge in [0.15, 0.2) is 6.23 Å². The van der Waals surface area contributed by atoms with Gasteiger partial charge in [-0.05, 0) is 12.1 Å². The van der Waals surface area contributed by atoms with Crippen LogP contribution in [0, 0.1) is 0 Å². The predicted octanol–water partition coefficient (Wildman–Crippen LogP) is 0.243. The molecule has 0 spiro atoms. The molecule has 10 nitrogen and oxygen atoms in total. The number of nitrogens with zero attached hydrogens (tertiary/aromatic N) is 1. The van der Waals surface area contributed by atoms with Crippen molar-refractivity contribution >= 4 is 5.97 Å². The van der Waals surface area contributed by atoms with Crippen molar-refractivity contribution in [2.24, 2.45) is 5.73 Å². The van der Waals surface area contributed by atoms with Crippen LogP contribution < -0.4 is 17.0 Å². The van der Waals surface area contributed by atoms with Crippen molar-refractivity contribution in [2.45, 2.75) is 30.6 Å². The first-order valence-corrected chi connectivity index (χ1v) is 9.21. The first kappa shape index (κ1) is 22.7. The van der Waals surface area contributed by atoms with Crippen molar-refractivity contribution in [3.05, 3.63) is 69.0 Å². The molecule has 31 heavy (non-hydrogen) atoms. The number of hydrogen-bond donors (Lipinski definition) is 2. The van der Waals surface area contributed by atoms with Gasteiger partial charge in [-0.2, -0.15) is 8.78 Å². The fourth-order valence-electron chi connectivity index (χ4n) is 3.10. The summed E-state index contributed by atoms with van der Waals surface area (Å²) in [5.41, 5.74) is 4.75. The minimum atomic E-state index is -3.74. The maximum absolute atomic E-state index is 14.1. The zero-order chi connectivity index (χ0) is 22.6. The van der Waals surface area contributed by atoms with Crippen molar-refractivity contribution in [1.29, 1.82) is 0 Å². The number of esters is 1. The van der Waals surface area contributed by atoms with Gasteiger partial charge in [-0.1, -0.05) is 18.2 Å². The van der Waals surface area contributed by atoms with E-state index in [2.05, 4.69) is 4.74 Å². The van der Waals surface area contributed by atoms with Crippen molar-refractivity contribution in [2.75, 3.05) is 20.3 Å². The number of benzene rings is 1. The number of carbonyl (C=O) groups is 1. The highest BCUT2D eigenvalue weighted by molar-refractivity contribution is 5.89. The van der Waals surface area contributed by atoms with Crippen LogP contribution in [0.1, 0.15) is 16.6 Å². The van der Waals surface area contributed by atoms with E-state index >= 15 is 0 Å². The Bertz CT molecular complexity index is 1010. The zero-order valence-electron chi connectivity index (χ0n) is 16.4. The lowest BCUT2D eigenvalue weighted by Crippen LogP contribution is -2.48. The summed E-state index contributed by atoms with van der Waals surface area (Å²) in [6.45, 7) is -1.43. The predicted molar refractivity (Wildman–Crippen MR) is 102 cm³/mol. The minimum absolute atomic E-state index is 0.280. The monoisotopic (exact) mass is 441 g/mol. The molecule has 168 valence electrons. The van der Waals surface area contributed by atoms with Crippen LogP contribution in [0.4, 0.5) is 8.78 Å². The Hall–Kier alpha value is -2.93. The second kappa shape index (κ2) is 9.47. The van der Waals surface area contributed by atoms with Crippen molar-refractivity contribution < 1.29 is 32.5 Å². The number of nitrogens with one attached hydrogen (secondary N) is 1. The molecule has 1 aliphatic heterocycles. The van der Waals surface area contributed by atoms with E-state index in [0.717, 1.165) is 23.9 Å². The molecule has 3 rings (SSSR count). The van der Waals surface area contributed by atoms with Crippen LogP contribution in [0.15, 0.2) is 52.2 Å². The largest absolute Gasteiger partial charge is 0.459 e. The lowest BCUT2D eigenvalue weighted by atomic mass is 10.1. The number of carbonyl (C=O) groups excluding carboxylic acids is 1. The van der Waals surface area contributed by atoms with Gasteiger partial charge in [0.05, 0.1) is 11.6 Å². The van der Waals surface area contributed by atoms with Crippen LogP contribution in [-0.4, -0.2) is 60.2 Å². The highest BCUT2D eigenvalue weighted by atomic mass is 19.3. The SMILES string of the molecule is COCC(F)(F)OC1C(n2ccc(=O)[nH]c2=O)O[C@H](COC(=O)c2ccccc2)[C@H]1N. The zero-order valence-corrected chi connectivity index (χ0v) is 16.4.